The quantitative estimate of drug-likeness (QED) is 0.783. The van der Waals surface area contributed by atoms with Crippen molar-refractivity contribution in [1.82, 2.24) is 0 Å². The van der Waals surface area contributed by atoms with Crippen LogP contribution in [0.1, 0.15) is 36.3 Å². The average molecular weight is 357 g/mol. The van der Waals surface area contributed by atoms with Crippen molar-refractivity contribution >= 4 is 23.4 Å². The fourth-order valence-corrected chi connectivity index (χ4v) is 4.14. The van der Waals surface area contributed by atoms with Gasteiger partial charge in [0.1, 0.15) is 5.37 Å². The third-order valence-corrected chi connectivity index (χ3v) is 5.61. The normalized spacial score (nSPS) is 17.2. The molecule has 2 aromatic carbocycles. The molecule has 1 amide bonds. The first-order valence-electron chi connectivity index (χ1n) is 8.30. The Morgan fingerprint density at radius 1 is 1.04 bits per heavy atom. The predicted octanol–water partition coefficient (Wildman–Crippen LogP) is 4.61. The number of nitrogens with zero attached hydrogens (tertiary/aromatic N) is 1. The Balaban J connectivity index is 1.94. The van der Waals surface area contributed by atoms with Gasteiger partial charge in [0.2, 0.25) is 5.91 Å². The molecule has 0 aromatic heterocycles. The first-order valence-corrected chi connectivity index (χ1v) is 9.35. The summed E-state index contributed by atoms with van der Waals surface area (Å²) < 4.78 is 10.7. The summed E-state index contributed by atoms with van der Waals surface area (Å²) in [5.41, 5.74) is 3.23. The van der Waals surface area contributed by atoms with E-state index >= 15 is 0 Å². The van der Waals surface area contributed by atoms with Crippen LogP contribution in [0.3, 0.4) is 0 Å². The molecule has 1 fully saturated rings. The summed E-state index contributed by atoms with van der Waals surface area (Å²) in [6, 6.07) is 14.1. The highest BCUT2D eigenvalue weighted by Crippen LogP contribution is 2.44. The lowest BCUT2D eigenvalue weighted by Crippen LogP contribution is -2.27. The van der Waals surface area contributed by atoms with Crippen molar-refractivity contribution in [2.45, 2.75) is 25.1 Å². The Hall–Kier alpha value is -2.14. The van der Waals surface area contributed by atoms with Gasteiger partial charge in [-0.3, -0.25) is 9.69 Å². The van der Waals surface area contributed by atoms with Gasteiger partial charge in [-0.15, -0.1) is 11.8 Å². The number of ether oxygens (including phenoxy) is 2. The lowest BCUT2D eigenvalue weighted by Gasteiger charge is -2.25. The first kappa shape index (κ1) is 17.7. The summed E-state index contributed by atoms with van der Waals surface area (Å²) in [5.74, 6) is 2.44. The van der Waals surface area contributed by atoms with Crippen LogP contribution in [0.5, 0.6) is 11.5 Å². The second kappa shape index (κ2) is 7.40. The van der Waals surface area contributed by atoms with Crippen LogP contribution in [0, 0.1) is 0 Å². The van der Waals surface area contributed by atoms with Crippen molar-refractivity contribution in [3.8, 4) is 11.5 Å². The molecule has 0 radical (unpaired) electrons. The number of amides is 1. The molecule has 132 valence electrons. The molecular weight excluding hydrogens is 334 g/mol. The SMILES string of the molecule is COc1ccc(C2SCC(=O)N2c2ccc(C(C)C)cc2)cc1OC. The molecule has 3 rings (SSSR count). The summed E-state index contributed by atoms with van der Waals surface area (Å²) in [7, 11) is 3.24. The van der Waals surface area contributed by atoms with E-state index in [1.165, 1.54) is 5.56 Å². The third-order valence-electron chi connectivity index (χ3n) is 4.40. The van der Waals surface area contributed by atoms with Crippen molar-refractivity contribution in [1.29, 1.82) is 0 Å². The van der Waals surface area contributed by atoms with E-state index in [0.717, 1.165) is 11.3 Å². The van der Waals surface area contributed by atoms with Gasteiger partial charge in [0.15, 0.2) is 11.5 Å². The molecule has 4 nitrogen and oxygen atoms in total. The average Bonchev–Trinajstić information content (AvgIpc) is 3.02. The van der Waals surface area contributed by atoms with Crippen LogP contribution >= 0.6 is 11.8 Å². The van der Waals surface area contributed by atoms with E-state index in [9.17, 15) is 4.79 Å². The zero-order valence-electron chi connectivity index (χ0n) is 15.0. The molecule has 0 aliphatic carbocycles. The Labute approximate surface area is 153 Å². The Morgan fingerprint density at radius 2 is 1.72 bits per heavy atom. The van der Waals surface area contributed by atoms with Gasteiger partial charge in [-0.05, 0) is 41.3 Å². The standard InChI is InChI=1S/C20H23NO3S/c1-13(2)14-5-8-16(9-6-14)21-19(22)12-25-20(21)15-7-10-17(23-3)18(11-15)24-4/h5-11,13,20H,12H2,1-4H3. The molecule has 1 atom stereocenters. The van der Waals surface area contributed by atoms with E-state index in [4.69, 9.17) is 9.47 Å². The van der Waals surface area contributed by atoms with Crippen molar-refractivity contribution in [3.05, 3.63) is 53.6 Å². The fraction of sp³-hybridized carbons (Fsp3) is 0.350. The zero-order chi connectivity index (χ0) is 18.0. The molecule has 5 heteroatoms. The Bertz CT molecular complexity index is 758. The Morgan fingerprint density at radius 3 is 2.32 bits per heavy atom. The van der Waals surface area contributed by atoms with E-state index in [1.54, 1.807) is 26.0 Å². The number of anilines is 1. The second-order valence-electron chi connectivity index (χ2n) is 6.29. The van der Waals surface area contributed by atoms with Gasteiger partial charge in [0, 0.05) is 5.69 Å². The van der Waals surface area contributed by atoms with Gasteiger partial charge in [-0.25, -0.2) is 0 Å². The third kappa shape index (κ3) is 3.47. The lowest BCUT2D eigenvalue weighted by molar-refractivity contribution is -0.115. The molecule has 25 heavy (non-hydrogen) atoms. The minimum absolute atomic E-state index is 0.0581. The van der Waals surface area contributed by atoms with Crippen LogP contribution in [0.15, 0.2) is 42.5 Å². The van der Waals surface area contributed by atoms with E-state index in [1.807, 2.05) is 35.2 Å². The number of benzene rings is 2. The number of rotatable bonds is 5. The highest BCUT2D eigenvalue weighted by Gasteiger charge is 2.34. The molecule has 0 N–H and O–H groups in total. The van der Waals surface area contributed by atoms with Crippen LogP contribution in [0.25, 0.3) is 0 Å². The summed E-state index contributed by atoms with van der Waals surface area (Å²) in [5, 5.41) is -0.0581. The number of carbonyl (C=O) groups excluding carboxylic acids is 1. The molecule has 1 unspecified atom stereocenters. The summed E-state index contributed by atoms with van der Waals surface area (Å²) >= 11 is 1.63. The predicted molar refractivity (Wildman–Crippen MR) is 103 cm³/mol. The minimum Gasteiger partial charge on any atom is -0.493 e. The van der Waals surface area contributed by atoms with Crippen LogP contribution in [-0.2, 0) is 4.79 Å². The maximum Gasteiger partial charge on any atom is 0.238 e. The van der Waals surface area contributed by atoms with Gasteiger partial charge in [-0.2, -0.15) is 0 Å². The number of hydrogen-bond donors (Lipinski definition) is 0. The molecule has 0 bridgehead atoms. The van der Waals surface area contributed by atoms with Crippen LogP contribution < -0.4 is 14.4 Å². The molecule has 1 heterocycles. The smallest absolute Gasteiger partial charge is 0.238 e. The molecule has 2 aromatic rings. The molecule has 1 aliphatic rings. The van der Waals surface area contributed by atoms with Crippen LogP contribution in [0.4, 0.5) is 5.69 Å². The van der Waals surface area contributed by atoms with Gasteiger partial charge in [-0.1, -0.05) is 32.0 Å². The van der Waals surface area contributed by atoms with E-state index in [2.05, 4.69) is 26.0 Å². The van der Waals surface area contributed by atoms with Crippen molar-refractivity contribution < 1.29 is 14.3 Å². The number of methoxy groups -OCH3 is 2. The van der Waals surface area contributed by atoms with Crippen LogP contribution in [0.2, 0.25) is 0 Å². The Kier molecular flexibility index (Phi) is 5.23. The van der Waals surface area contributed by atoms with Crippen molar-refractivity contribution in [2.24, 2.45) is 0 Å². The van der Waals surface area contributed by atoms with Gasteiger partial charge < -0.3 is 9.47 Å². The summed E-state index contributed by atoms with van der Waals surface area (Å²) in [6.07, 6.45) is 0. The van der Waals surface area contributed by atoms with E-state index in [-0.39, 0.29) is 11.3 Å². The van der Waals surface area contributed by atoms with Crippen molar-refractivity contribution in [3.63, 3.8) is 0 Å². The summed E-state index contributed by atoms with van der Waals surface area (Å²) in [6.45, 7) is 4.33. The lowest BCUT2D eigenvalue weighted by atomic mass is 10.0. The topological polar surface area (TPSA) is 38.8 Å². The largest absolute Gasteiger partial charge is 0.493 e. The maximum atomic E-state index is 12.5. The van der Waals surface area contributed by atoms with Gasteiger partial charge in [0.05, 0.1) is 20.0 Å². The zero-order valence-corrected chi connectivity index (χ0v) is 15.8. The van der Waals surface area contributed by atoms with E-state index in [0.29, 0.717) is 23.2 Å². The number of hydrogen-bond acceptors (Lipinski definition) is 4. The maximum absolute atomic E-state index is 12.5. The van der Waals surface area contributed by atoms with Crippen LogP contribution in [-0.4, -0.2) is 25.9 Å². The first-order chi connectivity index (χ1) is 12.0. The summed E-state index contributed by atoms with van der Waals surface area (Å²) in [4.78, 5) is 14.4. The van der Waals surface area contributed by atoms with E-state index < -0.39 is 0 Å². The number of carbonyl (C=O) groups is 1. The highest BCUT2D eigenvalue weighted by atomic mass is 32.2. The molecule has 1 saturated heterocycles. The monoisotopic (exact) mass is 357 g/mol. The minimum atomic E-state index is -0.0581. The van der Waals surface area contributed by atoms with Gasteiger partial charge in [0.25, 0.3) is 0 Å². The highest BCUT2D eigenvalue weighted by molar-refractivity contribution is 8.00. The molecule has 0 spiro atoms. The molecular formula is C20H23NO3S. The number of thioether (sulfide) groups is 1. The van der Waals surface area contributed by atoms with Gasteiger partial charge >= 0.3 is 0 Å². The van der Waals surface area contributed by atoms with Crippen molar-refractivity contribution in [2.75, 3.05) is 24.9 Å². The second-order valence-corrected chi connectivity index (χ2v) is 7.36. The molecule has 0 saturated carbocycles. The molecule has 1 aliphatic heterocycles. The fourth-order valence-electron chi connectivity index (χ4n) is 2.98.